The van der Waals surface area contributed by atoms with Crippen LogP contribution in [-0.2, 0) is 0 Å². The number of nitrogens with zero attached hydrogens (tertiary/aromatic N) is 1. The van der Waals surface area contributed by atoms with E-state index >= 15 is 0 Å². The van der Waals surface area contributed by atoms with Gasteiger partial charge >= 0.3 is 0 Å². The molecule has 21 heavy (non-hydrogen) atoms. The maximum Gasteiger partial charge on any atom is 0.123 e. The van der Waals surface area contributed by atoms with E-state index in [1.165, 1.54) is 6.42 Å². The third-order valence-corrected chi connectivity index (χ3v) is 4.01. The molecule has 2 N–H and O–H groups in total. The normalized spacial score (nSPS) is 14.0. The Bertz CT molecular complexity index is 423. The molecule has 2 atom stereocenters. The van der Waals surface area contributed by atoms with Crippen LogP contribution in [0.4, 0.5) is 0 Å². The van der Waals surface area contributed by atoms with Crippen molar-refractivity contribution in [3.63, 3.8) is 0 Å². The summed E-state index contributed by atoms with van der Waals surface area (Å²) in [5.74, 6) is 2.32. The molecule has 0 heterocycles. The highest BCUT2D eigenvalue weighted by Crippen LogP contribution is 2.28. The van der Waals surface area contributed by atoms with E-state index in [-0.39, 0.29) is 6.04 Å². The first kappa shape index (κ1) is 17.8. The van der Waals surface area contributed by atoms with Crippen molar-refractivity contribution in [2.45, 2.75) is 33.2 Å². The summed E-state index contributed by atoms with van der Waals surface area (Å²) in [6, 6.07) is 5.70. The summed E-state index contributed by atoms with van der Waals surface area (Å²) in [7, 11) is 3.34. The molecule has 0 radical (unpaired) electrons. The van der Waals surface area contributed by atoms with Gasteiger partial charge in [0.25, 0.3) is 0 Å². The van der Waals surface area contributed by atoms with E-state index in [0.717, 1.165) is 36.7 Å². The molecule has 0 aliphatic rings. The molecule has 4 nitrogen and oxygen atoms in total. The minimum atomic E-state index is -0.0842. The van der Waals surface area contributed by atoms with Crippen molar-refractivity contribution in [1.82, 2.24) is 4.90 Å². The molecule has 0 fully saturated rings. The van der Waals surface area contributed by atoms with Crippen molar-refractivity contribution in [3.05, 3.63) is 23.8 Å². The fraction of sp³-hybridized carbons (Fsp3) is 0.647. The van der Waals surface area contributed by atoms with Crippen LogP contribution in [0.5, 0.6) is 11.5 Å². The maximum atomic E-state index is 6.41. The van der Waals surface area contributed by atoms with Crippen molar-refractivity contribution in [2.24, 2.45) is 11.7 Å². The van der Waals surface area contributed by atoms with Gasteiger partial charge in [-0.3, -0.25) is 0 Å². The van der Waals surface area contributed by atoms with Crippen LogP contribution in [0, 0.1) is 5.92 Å². The van der Waals surface area contributed by atoms with Gasteiger partial charge in [0, 0.05) is 24.7 Å². The molecule has 1 aromatic rings. The van der Waals surface area contributed by atoms with Gasteiger partial charge in [-0.25, -0.2) is 0 Å². The van der Waals surface area contributed by atoms with Crippen LogP contribution in [-0.4, -0.2) is 38.8 Å². The molecule has 1 aromatic carbocycles. The molecule has 0 saturated heterocycles. The predicted octanol–water partition coefficient (Wildman–Crippen LogP) is 3.07. The zero-order valence-corrected chi connectivity index (χ0v) is 14.1. The molecule has 0 aromatic heterocycles. The average Bonchev–Trinajstić information content (AvgIpc) is 2.52. The van der Waals surface area contributed by atoms with E-state index in [2.05, 4.69) is 25.7 Å². The molecule has 1 rings (SSSR count). The first-order valence-electron chi connectivity index (χ1n) is 7.75. The molecule has 4 heteroatoms. The van der Waals surface area contributed by atoms with Gasteiger partial charge in [-0.1, -0.05) is 27.2 Å². The first-order chi connectivity index (χ1) is 10.0. The number of likely N-dealkylation sites (N-methyl/N-ethyl adjacent to an activating group) is 1. The van der Waals surface area contributed by atoms with Gasteiger partial charge in [-0.05, 0) is 30.7 Å². The Morgan fingerprint density at radius 3 is 2.38 bits per heavy atom. The summed E-state index contributed by atoms with van der Waals surface area (Å²) in [6.07, 6.45) is 1.19. The number of benzene rings is 1. The monoisotopic (exact) mass is 294 g/mol. The van der Waals surface area contributed by atoms with Gasteiger partial charge in [0.15, 0.2) is 0 Å². The van der Waals surface area contributed by atoms with Crippen LogP contribution in [0.15, 0.2) is 18.2 Å². The summed E-state index contributed by atoms with van der Waals surface area (Å²) in [4.78, 5) is 2.40. The molecule has 0 bridgehead atoms. The fourth-order valence-electron chi connectivity index (χ4n) is 2.41. The molecular formula is C17H30N2O2. The predicted molar refractivity (Wildman–Crippen MR) is 88.0 cm³/mol. The van der Waals surface area contributed by atoms with Gasteiger partial charge < -0.3 is 20.1 Å². The van der Waals surface area contributed by atoms with Gasteiger partial charge in [0.05, 0.1) is 14.2 Å². The third-order valence-electron chi connectivity index (χ3n) is 4.01. The van der Waals surface area contributed by atoms with Crippen LogP contribution in [0.25, 0.3) is 0 Å². The zero-order chi connectivity index (χ0) is 15.8. The largest absolute Gasteiger partial charge is 0.497 e. The van der Waals surface area contributed by atoms with Crippen molar-refractivity contribution >= 4 is 0 Å². The minimum Gasteiger partial charge on any atom is -0.497 e. The SMILES string of the molecule is CCC(C)CN(CC)CC(N)c1cc(OC)ccc1OC. The van der Waals surface area contributed by atoms with Crippen LogP contribution in [0.3, 0.4) is 0 Å². The second-order valence-corrected chi connectivity index (χ2v) is 5.58. The van der Waals surface area contributed by atoms with Gasteiger partial charge in [0.1, 0.15) is 11.5 Å². The third kappa shape index (κ3) is 5.21. The van der Waals surface area contributed by atoms with Gasteiger partial charge in [-0.15, -0.1) is 0 Å². The number of hydrogen-bond acceptors (Lipinski definition) is 4. The van der Waals surface area contributed by atoms with Crippen molar-refractivity contribution in [3.8, 4) is 11.5 Å². The van der Waals surface area contributed by atoms with E-state index in [1.807, 2.05) is 18.2 Å². The fourth-order valence-corrected chi connectivity index (χ4v) is 2.41. The molecule has 120 valence electrons. The van der Waals surface area contributed by atoms with E-state index in [4.69, 9.17) is 15.2 Å². The summed E-state index contributed by atoms with van der Waals surface area (Å²) in [6.45, 7) is 9.59. The minimum absolute atomic E-state index is 0.0842. The highest BCUT2D eigenvalue weighted by molar-refractivity contribution is 5.42. The summed E-state index contributed by atoms with van der Waals surface area (Å²) >= 11 is 0. The molecule has 0 aliphatic carbocycles. The van der Waals surface area contributed by atoms with E-state index in [1.54, 1.807) is 14.2 Å². The number of rotatable bonds is 9. The lowest BCUT2D eigenvalue weighted by molar-refractivity contribution is 0.231. The lowest BCUT2D eigenvalue weighted by Crippen LogP contribution is -2.35. The summed E-state index contributed by atoms with van der Waals surface area (Å²) < 4.78 is 10.7. The molecular weight excluding hydrogens is 264 g/mol. The lowest BCUT2D eigenvalue weighted by Gasteiger charge is -2.27. The molecule has 0 spiro atoms. The number of nitrogens with two attached hydrogens (primary N) is 1. The Morgan fingerprint density at radius 1 is 1.14 bits per heavy atom. The average molecular weight is 294 g/mol. The van der Waals surface area contributed by atoms with Crippen LogP contribution < -0.4 is 15.2 Å². The second kappa shape index (κ2) is 8.90. The molecule has 0 saturated carbocycles. The summed E-state index contributed by atoms with van der Waals surface area (Å²) in [5, 5.41) is 0. The number of methoxy groups -OCH3 is 2. The van der Waals surface area contributed by atoms with E-state index in [9.17, 15) is 0 Å². The Kier molecular flexibility index (Phi) is 7.54. The lowest BCUT2D eigenvalue weighted by atomic mass is 10.0. The molecule has 0 amide bonds. The number of ether oxygens (including phenoxy) is 2. The quantitative estimate of drug-likeness (QED) is 0.760. The van der Waals surface area contributed by atoms with Crippen molar-refractivity contribution < 1.29 is 9.47 Å². The second-order valence-electron chi connectivity index (χ2n) is 5.58. The Morgan fingerprint density at radius 2 is 1.86 bits per heavy atom. The van der Waals surface area contributed by atoms with E-state index < -0.39 is 0 Å². The molecule has 2 unspecified atom stereocenters. The summed E-state index contributed by atoms with van der Waals surface area (Å²) in [5.41, 5.74) is 7.41. The van der Waals surface area contributed by atoms with Crippen LogP contribution in [0.1, 0.15) is 38.8 Å². The van der Waals surface area contributed by atoms with Crippen molar-refractivity contribution in [2.75, 3.05) is 33.9 Å². The molecule has 0 aliphatic heterocycles. The van der Waals surface area contributed by atoms with Gasteiger partial charge in [-0.2, -0.15) is 0 Å². The topological polar surface area (TPSA) is 47.7 Å². The van der Waals surface area contributed by atoms with Gasteiger partial charge in [0.2, 0.25) is 0 Å². The smallest absolute Gasteiger partial charge is 0.123 e. The first-order valence-corrected chi connectivity index (χ1v) is 7.75. The van der Waals surface area contributed by atoms with Crippen molar-refractivity contribution in [1.29, 1.82) is 0 Å². The Hall–Kier alpha value is -1.26. The Balaban J connectivity index is 2.83. The number of hydrogen-bond donors (Lipinski definition) is 1. The highest BCUT2D eigenvalue weighted by atomic mass is 16.5. The van der Waals surface area contributed by atoms with Crippen LogP contribution in [0.2, 0.25) is 0 Å². The van der Waals surface area contributed by atoms with Crippen LogP contribution >= 0.6 is 0 Å². The maximum absolute atomic E-state index is 6.41. The standard InChI is InChI=1S/C17H30N2O2/c1-6-13(3)11-19(7-2)12-16(18)15-10-14(20-4)8-9-17(15)21-5/h8-10,13,16H,6-7,11-12,18H2,1-5H3. The van der Waals surface area contributed by atoms with E-state index in [0.29, 0.717) is 5.92 Å². The Labute approximate surface area is 129 Å². The highest BCUT2D eigenvalue weighted by Gasteiger charge is 2.17. The zero-order valence-electron chi connectivity index (χ0n) is 14.1.